The first-order chi connectivity index (χ1) is 9.53. The normalized spacial score (nSPS) is 11.5. The fourth-order valence-corrected chi connectivity index (χ4v) is 2.45. The Labute approximate surface area is 118 Å². The minimum absolute atomic E-state index is 0.249. The predicted molar refractivity (Wildman–Crippen MR) is 75.9 cm³/mol. The molecule has 2 N–H and O–H groups in total. The maximum Gasteiger partial charge on any atom is 0.240 e. The number of nitrogens with one attached hydrogen (secondary N) is 2. The van der Waals surface area contributed by atoms with E-state index >= 15 is 0 Å². The van der Waals surface area contributed by atoms with Crippen LogP contribution in [0, 0.1) is 0 Å². The molecule has 0 aliphatic carbocycles. The van der Waals surface area contributed by atoms with E-state index in [4.69, 9.17) is 0 Å². The first-order valence-corrected chi connectivity index (χ1v) is 7.61. The summed E-state index contributed by atoms with van der Waals surface area (Å²) in [6.45, 7) is 0.699. The van der Waals surface area contributed by atoms with Crippen LogP contribution in [-0.2, 0) is 23.5 Å². The summed E-state index contributed by atoms with van der Waals surface area (Å²) in [5.74, 6) is 0.895. The van der Waals surface area contributed by atoms with Crippen LogP contribution in [0.5, 0.6) is 0 Å². The first kappa shape index (κ1) is 14.5. The Bertz CT molecular complexity index is 663. The van der Waals surface area contributed by atoms with Crippen LogP contribution in [0.1, 0.15) is 5.82 Å². The molecule has 0 bridgehead atoms. The highest BCUT2D eigenvalue weighted by Crippen LogP contribution is 2.13. The molecule has 0 amide bonds. The predicted octanol–water partition coefficient (Wildman–Crippen LogP) is 0.378. The smallest absolute Gasteiger partial charge is 0.240 e. The van der Waals surface area contributed by atoms with Crippen molar-refractivity contribution in [2.24, 2.45) is 7.05 Å². The second-order valence-electron chi connectivity index (χ2n) is 4.27. The van der Waals surface area contributed by atoms with E-state index in [-0.39, 0.29) is 4.90 Å². The van der Waals surface area contributed by atoms with Gasteiger partial charge in [-0.05, 0) is 31.3 Å². The van der Waals surface area contributed by atoms with Crippen LogP contribution in [0.25, 0.3) is 0 Å². The second-order valence-corrected chi connectivity index (χ2v) is 6.15. The second kappa shape index (κ2) is 6.02. The van der Waals surface area contributed by atoms with Gasteiger partial charge in [-0.1, -0.05) is 0 Å². The molecule has 0 atom stereocenters. The molecule has 0 fully saturated rings. The number of hydrogen-bond donors (Lipinski definition) is 2. The lowest BCUT2D eigenvalue weighted by Gasteiger charge is -2.07. The average Bonchev–Trinajstić information content (AvgIpc) is 2.85. The number of sulfonamides is 1. The molecular weight excluding hydrogens is 278 g/mol. The zero-order chi connectivity index (χ0) is 14.6. The van der Waals surface area contributed by atoms with E-state index in [2.05, 4.69) is 20.2 Å². The molecule has 0 aliphatic rings. The molecule has 1 aromatic heterocycles. The molecule has 2 rings (SSSR count). The highest BCUT2D eigenvalue weighted by molar-refractivity contribution is 7.89. The standard InChI is InChI=1S/C12H17N5O2S/c1-13-20(18,19)11-5-3-10(4-6-11)14-8-7-12-16-15-9-17(12)2/h3-6,9,13-14H,7-8H2,1-2H3. The van der Waals surface area contributed by atoms with Crippen LogP contribution in [0.3, 0.4) is 0 Å². The van der Waals surface area contributed by atoms with Gasteiger partial charge in [0.05, 0.1) is 4.90 Å². The Morgan fingerprint density at radius 1 is 1.25 bits per heavy atom. The minimum Gasteiger partial charge on any atom is -0.385 e. The molecule has 7 nitrogen and oxygen atoms in total. The van der Waals surface area contributed by atoms with Gasteiger partial charge in [-0.25, -0.2) is 13.1 Å². The van der Waals surface area contributed by atoms with Crippen LogP contribution in [0.2, 0.25) is 0 Å². The third-order valence-corrected chi connectivity index (χ3v) is 4.35. The number of hydrogen-bond acceptors (Lipinski definition) is 5. The Kier molecular flexibility index (Phi) is 4.35. The topological polar surface area (TPSA) is 88.9 Å². The summed E-state index contributed by atoms with van der Waals surface area (Å²) in [6, 6.07) is 6.61. The Morgan fingerprint density at radius 3 is 2.50 bits per heavy atom. The van der Waals surface area contributed by atoms with Gasteiger partial charge in [-0.2, -0.15) is 0 Å². The Morgan fingerprint density at radius 2 is 1.95 bits per heavy atom. The van der Waals surface area contributed by atoms with Gasteiger partial charge in [-0.3, -0.25) is 0 Å². The molecule has 2 aromatic rings. The molecule has 108 valence electrons. The third kappa shape index (κ3) is 3.34. The van der Waals surface area contributed by atoms with Crippen molar-refractivity contribution in [3.05, 3.63) is 36.4 Å². The molecular formula is C12H17N5O2S. The van der Waals surface area contributed by atoms with Crippen molar-refractivity contribution in [1.29, 1.82) is 0 Å². The van der Waals surface area contributed by atoms with Crippen molar-refractivity contribution in [2.45, 2.75) is 11.3 Å². The molecule has 0 spiro atoms. The van der Waals surface area contributed by atoms with Gasteiger partial charge < -0.3 is 9.88 Å². The molecule has 0 aliphatic heterocycles. The largest absolute Gasteiger partial charge is 0.385 e. The molecule has 0 saturated heterocycles. The monoisotopic (exact) mass is 295 g/mol. The van der Waals surface area contributed by atoms with Crippen LogP contribution in [-0.4, -0.2) is 36.8 Å². The SMILES string of the molecule is CNS(=O)(=O)c1ccc(NCCc2nncn2C)cc1. The fraction of sp³-hybridized carbons (Fsp3) is 0.333. The zero-order valence-electron chi connectivity index (χ0n) is 11.4. The Hall–Kier alpha value is -1.93. The summed E-state index contributed by atoms with van der Waals surface area (Å²) in [4.78, 5) is 0.249. The number of nitrogens with zero attached hydrogens (tertiary/aromatic N) is 3. The molecule has 0 unspecified atom stereocenters. The maximum atomic E-state index is 11.6. The van der Waals surface area contributed by atoms with Crippen molar-refractivity contribution < 1.29 is 8.42 Å². The van der Waals surface area contributed by atoms with E-state index in [0.29, 0.717) is 6.54 Å². The van der Waals surface area contributed by atoms with Gasteiger partial charge in [0.25, 0.3) is 0 Å². The summed E-state index contributed by atoms with van der Waals surface area (Å²) < 4.78 is 27.3. The van der Waals surface area contributed by atoms with E-state index in [1.807, 2.05) is 11.6 Å². The van der Waals surface area contributed by atoms with E-state index in [9.17, 15) is 8.42 Å². The number of aryl methyl sites for hydroxylation is 1. The van der Waals surface area contributed by atoms with Crippen molar-refractivity contribution >= 4 is 15.7 Å². The lowest BCUT2D eigenvalue weighted by molar-refractivity contribution is 0.588. The average molecular weight is 295 g/mol. The molecule has 0 saturated carbocycles. The molecule has 1 aromatic carbocycles. The van der Waals surface area contributed by atoms with Crippen LogP contribution in [0.4, 0.5) is 5.69 Å². The molecule has 8 heteroatoms. The first-order valence-electron chi connectivity index (χ1n) is 6.13. The Balaban J connectivity index is 1.93. The summed E-state index contributed by atoms with van der Waals surface area (Å²) >= 11 is 0. The zero-order valence-corrected chi connectivity index (χ0v) is 12.2. The van der Waals surface area contributed by atoms with Crippen LogP contribution < -0.4 is 10.0 Å². The van der Waals surface area contributed by atoms with Crippen molar-refractivity contribution in [2.75, 3.05) is 18.9 Å². The number of anilines is 1. The molecule has 0 radical (unpaired) electrons. The summed E-state index contributed by atoms with van der Waals surface area (Å²) in [6.07, 6.45) is 2.40. The quantitative estimate of drug-likeness (QED) is 0.804. The van der Waals surface area contributed by atoms with Crippen molar-refractivity contribution in [3.8, 4) is 0 Å². The van der Waals surface area contributed by atoms with Crippen LogP contribution in [0.15, 0.2) is 35.5 Å². The third-order valence-electron chi connectivity index (χ3n) is 2.92. The number of rotatable bonds is 6. The van der Waals surface area contributed by atoms with Gasteiger partial charge in [0.1, 0.15) is 12.2 Å². The highest BCUT2D eigenvalue weighted by Gasteiger charge is 2.10. The number of benzene rings is 1. The van der Waals surface area contributed by atoms with E-state index in [1.165, 1.54) is 7.05 Å². The van der Waals surface area contributed by atoms with Gasteiger partial charge in [0, 0.05) is 25.7 Å². The lowest BCUT2D eigenvalue weighted by atomic mass is 10.3. The minimum atomic E-state index is -3.38. The van der Waals surface area contributed by atoms with Gasteiger partial charge in [0.2, 0.25) is 10.0 Å². The van der Waals surface area contributed by atoms with Crippen LogP contribution >= 0.6 is 0 Å². The van der Waals surface area contributed by atoms with Gasteiger partial charge in [0.15, 0.2) is 0 Å². The molecule has 1 heterocycles. The van der Waals surface area contributed by atoms with E-state index in [1.54, 1.807) is 30.6 Å². The summed E-state index contributed by atoms with van der Waals surface area (Å²) in [7, 11) is -0.0891. The van der Waals surface area contributed by atoms with Crippen molar-refractivity contribution in [3.63, 3.8) is 0 Å². The van der Waals surface area contributed by atoms with Gasteiger partial charge in [-0.15, -0.1) is 10.2 Å². The van der Waals surface area contributed by atoms with Gasteiger partial charge >= 0.3 is 0 Å². The highest BCUT2D eigenvalue weighted by atomic mass is 32.2. The fourth-order valence-electron chi connectivity index (χ4n) is 1.72. The molecule has 20 heavy (non-hydrogen) atoms. The summed E-state index contributed by atoms with van der Waals surface area (Å²) in [5.41, 5.74) is 0.863. The summed E-state index contributed by atoms with van der Waals surface area (Å²) in [5, 5.41) is 11.0. The van der Waals surface area contributed by atoms with E-state index < -0.39 is 10.0 Å². The maximum absolute atomic E-state index is 11.6. The lowest BCUT2D eigenvalue weighted by Crippen LogP contribution is -2.18. The van der Waals surface area contributed by atoms with Crippen molar-refractivity contribution in [1.82, 2.24) is 19.5 Å². The van der Waals surface area contributed by atoms with E-state index in [0.717, 1.165) is 17.9 Å². The number of aromatic nitrogens is 3.